The summed E-state index contributed by atoms with van der Waals surface area (Å²) in [7, 11) is 2.03. The number of amides is 1. The molecule has 0 unspecified atom stereocenters. The van der Waals surface area contributed by atoms with E-state index in [1.807, 2.05) is 37.4 Å². The van der Waals surface area contributed by atoms with E-state index in [4.69, 9.17) is 8.94 Å². The average molecular weight is 353 g/mol. The fourth-order valence-electron chi connectivity index (χ4n) is 2.83. The van der Waals surface area contributed by atoms with Crippen molar-refractivity contribution in [2.24, 2.45) is 0 Å². The molecule has 0 aliphatic heterocycles. The van der Waals surface area contributed by atoms with Gasteiger partial charge in [-0.15, -0.1) is 0 Å². The Morgan fingerprint density at radius 1 is 1.27 bits per heavy atom. The van der Waals surface area contributed by atoms with Gasteiger partial charge in [0.05, 0.1) is 12.3 Å². The Morgan fingerprint density at radius 3 is 2.73 bits per heavy atom. The summed E-state index contributed by atoms with van der Waals surface area (Å²) in [5.41, 5.74) is 2.95. The van der Waals surface area contributed by atoms with Crippen molar-refractivity contribution < 1.29 is 13.7 Å². The van der Waals surface area contributed by atoms with E-state index in [2.05, 4.69) is 22.3 Å². The van der Waals surface area contributed by atoms with Crippen LogP contribution in [-0.2, 0) is 6.54 Å². The summed E-state index contributed by atoms with van der Waals surface area (Å²) in [5, 5.41) is 6.73. The SMILES string of the molecule is Cc1noc(C)c1NC(=O)c1cccc(CN(C)[C@H](C)c2ccco2)c1. The second-order valence-corrected chi connectivity index (χ2v) is 6.46. The van der Waals surface area contributed by atoms with Gasteiger partial charge in [-0.3, -0.25) is 9.69 Å². The number of benzene rings is 1. The molecular formula is C20H23N3O3. The number of anilines is 1. The molecule has 1 amide bonds. The van der Waals surface area contributed by atoms with E-state index in [0.717, 1.165) is 11.3 Å². The highest BCUT2D eigenvalue weighted by molar-refractivity contribution is 6.04. The summed E-state index contributed by atoms with van der Waals surface area (Å²) >= 11 is 0. The van der Waals surface area contributed by atoms with Gasteiger partial charge in [-0.05, 0) is 57.6 Å². The first-order valence-corrected chi connectivity index (χ1v) is 8.52. The molecule has 0 saturated carbocycles. The molecule has 0 fully saturated rings. The number of hydrogen-bond donors (Lipinski definition) is 1. The molecule has 26 heavy (non-hydrogen) atoms. The van der Waals surface area contributed by atoms with Gasteiger partial charge in [0.25, 0.3) is 5.91 Å². The molecule has 2 aromatic heterocycles. The van der Waals surface area contributed by atoms with E-state index in [1.165, 1.54) is 0 Å². The summed E-state index contributed by atoms with van der Waals surface area (Å²) in [6.07, 6.45) is 1.68. The number of hydrogen-bond acceptors (Lipinski definition) is 5. The van der Waals surface area contributed by atoms with E-state index in [0.29, 0.717) is 29.2 Å². The number of nitrogens with one attached hydrogen (secondary N) is 1. The fraction of sp³-hybridized carbons (Fsp3) is 0.300. The molecule has 0 spiro atoms. The van der Waals surface area contributed by atoms with Gasteiger partial charge in [-0.2, -0.15) is 0 Å². The molecule has 6 nitrogen and oxygen atoms in total. The maximum Gasteiger partial charge on any atom is 0.255 e. The maximum absolute atomic E-state index is 12.6. The Bertz CT molecular complexity index is 864. The molecule has 3 aromatic rings. The van der Waals surface area contributed by atoms with Crippen LogP contribution in [0.15, 0.2) is 51.6 Å². The molecule has 0 aliphatic carbocycles. The van der Waals surface area contributed by atoms with Crippen LogP contribution in [0.4, 0.5) is 5.69 Å². The minimum Gasteiger partial charge on any atom is -0.468 e. The first-order chi connectivity index (χ1) is 12.5. The number of nitrogens with zero attached hydrogens (tertiary/aromatic N) is 2. The molecule has 2 heterocycles. The highest BCUT2D eigenvalue weighted by Gasteiger charge is 2.16. The third-order valence-electron chi connectivity index (χ3n) is 4.51. The van der Waals surface area contributed by atoms with Crippen molar-refractivity contribution in [2.75, 3.05) is 12.4 Å². The Labute approximate surface area is 152 Å². The van der Waals surface area contributed by atoms with Crippen molar-refractivity contribution in [1.29, 1.82) is 0 Å². The Kier molecular flexibility index (Phi) is 5.23. The summed E-state index contributed by atoms with van der Waals surface area (Å²) in [6, 6.07) is 11.6. The first kappa shape index (κ1) is 17.9. The zero-order valence-corrected chi connectivity index (χ0v) is 15.4. The van der Waals surface area contributed by atoms with Crippen LogP contribution >= 0.6 is 0 Å². The quantitative estimate of drug-likeness (QED) is 0.714. The van der Waals surface area contributed by atoms with Crippen molar-refractivity contribution in [3.8, 4) is 0 Å². The lowest BCUT2D eigenvalue weighted by atomic mass is 10.1. The van der Waals surface area contributed by atoms with E-state index in [9.17, 15) is 4.79 Å². The van der Waals surface area contributed by atoms with Crippen molar-refractivity contribution in [2.45, 2.75) is 33.4 Å². The molecule has 0 radical (unpaired) electrons. The standard InChI is InChI=1S/C20H23N3O3/c1-13-19(15(3)26-22-13)21-20(24)17-8-5-7-16(11-17)12-23(4)14(2)18-9-6-10-25-18/h5-11,14H,12H2,1-4H3,(H,21,24)/t14-/m1/s1. The highest BCUT2D eigenvalue weighted by atomic mass is 16.5. The summed E-state index contributed by atoms with van der Waals surface area (Å²) < 4.78 is 10.6. The second kappa shape index (κ2) is 7.58. The molecule has 3 rings (SSSR count). The van der Waals surface area contributed by atoms with Gasteiger partial charge in [0.1, 0.15) is 17.1 Å². The predicted octanol–water partition coefficient (Wildman–Crippen LogP) is 4.33. The Hall–Kier alpha value is -2.86. The second-order valence-electron chi connectivity index (χ2n) is 6.46. The van der Waals surface area contributed by atoms with Crippen LogP contribution in [0.1, 0.15) is 46.1 Å². The highest BCUT2D eigenvalue weighted by Crippen LogP contribution is 2.22. The number of carbonyl (C=O) groups is 1. The number of aromatic nitrogens is 1. The lowest BCUT2D eigenvalue weighted by molar-refractivity contribution is 0.102. The molecule has 0 aliphatic rings. The third-order valence-corrected chi connectivity index (χ3v) is 4.51. The number of furan rings is 1. The lowest BCUT2D eigenvalue weighted by Crippen LogP contribution is -2.22. The van der Waals surface area contributed by atoms with E-state index < -0.39 is 0 Å². The molecule has 0 bridgehead atoms. The van der Waals surface area contributed by atoms with Gasteiger partial charge < -0.3 is 14.3 Å². The summed E-state index contributed by atoms with van der Waals surface area (Å²) in [4.78, 5) is 14.7. The van der Waals surface area contributed by atoms with E-state index in [-0.39, 0.29) is 11.9 Å². The first-order valence-electron chi connectivity index (χ1n) is 8.52. The largest absolute Gasteiger partial charge is 0.468 e. The van der Waals surface area contributed by atoms with Gasteiger partial charge in [0.2, 0.25) is 0 Å². The van der Waals surface area contributed by atoms with Crippen molar-refractivity contribution in [3.05, 3.63) is 71.0 Å². The molecule has 136 valence electrons. The van der Waals surface area contributed by atoms with Gasteiger partial charge in [-0.1, -0.05) is 17.3 Å². The molecular weight excluding hydrogens is 330 g/mol. The minimum atomic E-state index is -0.178. The molecule has 0 saturated heterocycles. The average Bonchev–Trinajstić information content (AvgIpc) is 3.27. The normalized spacial score (nSPS) is 12.3. The number of aryl methyl sites for hydroxylation is 2. The topological polar surface area (TPSA) is 71.5 Å². The monoisotopic (exact) mass is 353 g/mol. The van der Waals surface area contributed by atoms with Crippen LogP contribution in [0.25, 0.3) is 0 Å². The number of carbonyl (C=O) groups excluding carboxylic acids is 1. The zero-order valence-electron chi connectivity index (χ0n) is 15.4. The molecule has 1 aromatic carbocycles. The number of rotatable bonds is 6. The summed E-state index contributed by atoms with van der Waals surface area (Å²) in [5.74, 6) is 1.34. The smallest absolute Gasteiger partial charge is 0.255 e. The minimum absolute atomic E-state index is 0.143. The van der Waals surface area contributed by atoms with E-state index in [1.54, 1.807) is 26.2 Å². The maximum atomic E-state index is 12.6. The zero-order chi connectivity index (χ0) is 18.7. The van der Waals surface area contributed by atoms with Crippen molar-refractivity contribution in [1.82, 2.24) is 10.1 Å². The van der Waals surface area contributed by atoms with Gasteiger partial charge in [0.15, 0.2) is 5.76 Å². The lowest BCUT2D eigenvalue weighted by Gasteiger charge is -2.23. The van der Waals surface area contributed by atoms with Gasteiger partial charge in [0, 0.05) is 12.1 Å². The summed E-state index contributed by atoms with van der Waals surface area (Å²) in [6.45, 7) is 6.37. The van der Waals surface area contributed by atoms with Crippen LogP contribution in [0.2, 0.25) is 0 Å². The van der Waals surface area contributed by atoms with Crippen molar-refractivity contribution >= 4 is 11.6 Å². The Balaban J connectivity index is 1.70. The van der Waals surface area contributed by atoms with Crippen LogP contribution in [0.5, 0.6) is 0 Å². The van der Waals surface area contributed by atoms with E-state index >= 15 is 0 Å². The Morgan fingerprint density at radius 2 is 2.08 bits per heavy atom. The molecule has 1 atom stereocenters. The molecule has 1 N–H and O–H groups in total. The van der Waals surface area contributed by atoms with Gasteiger partial charge in [-0.25, -0.2) is 0 Å². The van der Waals surface area contributed by atoms with Crippen LogP contribution < -0.4 is 5.32 Å². The molecule has 6 heteroatoms. The third kappa shape index (κ3) is 3.86. The van der Waals surface area contributed by atoms with Gasteiger partial charge >= 0.3 is 0 Å². The fourth-order valence-corrected chi connectivity index (χ4v) is 2.83. The van der Waals surface area contributed by atoms with Crippen LogP contribution in [-0.4, -0.2) is 23.0 Å². The van der Waals surface area contributed by atoms with Crippen LogP contribution in [0, 0.1) is 13.8 Å². The van der Waals surface area contributed by atoms with Crippen molar-refractivity contribution in [3.63, 3.8) is 0 Å². The predicted molar refractivity (Wildman–Crippen MR) is 99.0 cm³/mol. The van der Waals surface area contributed by atoms with Crippen LogP contribution in [0.3, 0.4) is 0 Å².